The van der Waals surface area contributed by atoms with Crippen molar-refractivity contribution in [2.45, 2.75) is 31.3 Å². The van der Waals surface area contributed by atoms with E-state index in [9.17, 15) is 9.59 Å². The van der Waals surface area contributed by atoms with E-state index in [4.69, 9.17) is 18.9 Å². The van der Waals surface area contributed by atoms with Gasteiger partial charge < -0.3 is 18.9 Å². The second-order valence-electron chi connectivity index (χ2n) is 6.28. The van der Waals surface area contributed by atoms with Crippen molar-refractivity contribution in [2.24, 2.45) is 0 Å². The van der Waals surface area contributed by atoms with E-state index in [1.165, 1.54) is 7.11 Å². The van der Waals surface area contributed by atoms with Crippen LogP contribution in [0.2, 0.25) is 0 Å². The van der Waals surface area contributed by atoms with Crippen LogP contribution >= 0.6 is 0 Å². The normalized spacial score (nSPS) is 24.8. The minimum Gasteiger partial charge on any atom is -0.452 e. The summed E-state index contributed by atoms with van der Waals surface area (Å²) in [4.78, 5) is 25.0. The van der Waals surface area contributed by atoms with Gasteiger partial charge in [0.25, 0.3) is 0 Å². The van der Waals surface area contributed by atoms with E-state index in [1.807, 2.05) is 19.1 Å². The maximum atomic E-state index is 12.5. The minimum atomic E-state index is -0.779. The van der Waals surface area contributed by atoms with Crippen LogP contribution < -0.4 is 0 Å². The summed E-state index contributed by atoms with van der Waals surface area (Å²) in [7, 11) is 1.51. The van der Waals surface area contributed by atoms with Crippen molar-refractivity contribution in [3.8, 4) is 0 Å². The fraction of sp³-hybridized carbons (Fsp3) is 0.333. The third kappa shape index (κ3) is 4.53. The Morgan fingerprint density at radius 1 is 0.852 bits per heavy atom. The van der Waals surface area contributed by atoms with Gasteiger partial charge in [0.2, 0.25) is 0 Å². The molecule has 27 heavy (non-hydrogen) atoms. The molecule has 1 aliphatic rings. The molecule has 1 fully saturated rings. The molecule has 0 spiro atoms. The number of hydrogen-bond donors (Lipinski definition) is 0. The quantitative estimate of drug-likeness (QED) is 0.754. The Bertz CT molecular complexity index is 761. The predicted octanol–water partition coefficient (Wildman–Crippen LogP) is 2.87. The van der Waals surface area contributed by atoms with Crippen molar-refractivity contribution in [3.63, 3.8) is 0 Å². The molecule has 2 aromatic rings. The Balaban J connectivity index is 1.78. The molecule has 3 rings (SSSR count). The molecule has 6 nitrogen and oxygen atoms in total. The van der Waals surface area contributed by atoms with E-state index < -0.39 is 30.3 Å². The van der Waals surface area contributed by atoms with Crippen LogP contribution in [0.25, 0.3) is 0 Å². The number of carbonyl (C=O) groups excluding carboxylic acids is 2. The molecule has 1 saturated heterocycles. The molecule has 1 heterocycles. The minimum absolute atomic E-state index is 0.117. The fourth-order valence-electron chi connectivity index (χ4n) is 3.03. The first-order chi connectivity index (χ1) is 13.1. The lowest BCUT2D eigenvalue weighted by Crippen LogP contribution is -2.56. The average Bonchev–Trinajstić information content (AvgIpc) is 2.71. The summed E-state index contributed by atoms with van der Waals surface area (Å²) >= 11 is 0. The number of ether oxygens (including phenoxy) is 4. The highest BCUT2D eigenvalue weighted by Crippen LogP contribution is 2.25. The molecule has 4 atom stereocenters. The molecule has 0 aliphatic carbocycles. The van der Waals surface area contributed by atoms with Gasteiger partial charge in [-0.2, -0.15) is 0 Å². The first-order valence-electron chi connectivity index (χ1n) is 8.76. The number of esters is 2. The van der Waals surface area contributed by atoms with E-state index in [2.05, 4.69) is 0 Å². The van der Waals surface area contributed by atoms with E-state index in [0.717, 1.165) is 0 Å². The molecule has 0 amide bonds. The molecule has 0 aromatic heterocycles. The van der Waals surface area contributed by atoms with Crippen molar-refractivity contribution >= 4 is 11.9 Å². The number of hydrogen-bond acceptors (Lipinski definition) is 6. The summed E-state index contributed by atoms with van der Waals surface area (Å²) in [6.07, 6.45) is -2.42. The highest BCUT2D eigenvalue weighted by Gasteiger charge is 2.44. The summed E-state index contributed by atoms with van der Waals surface area (Å²) in [5.74, 6) is -1.01. The molecule has 1 aliphatic heterocycles. The summed E-state index contributed by atoms with van der Waals surface area (Å²) in [5.41, 5.74) is 0.831. The van der Waals surface area contributed by atoms with Crippen LogP contribution in [0.15, 0.2) is 60.7 Å². The zero-order valence-electron chi connectivity index (χ0n) is 15.2. The van der Waals surface area contributed by atoms with Crippen LogP contribution in [0.4, 0.5) is 0 Å². The summed E-state index contributed by atoms with van der Waals surface area (Å²) < 4.78 is 22.4. The van der Waals surface area contributed by atoms with Gasteiger partial charge in [-0.05, 0) is 31.2 Å². The summed E-state index contributed by atoms with van der Waals surface area (Å²) in [6.45, 7) is 1.94. The maximum Gasteiger partial charge on any atom is 0.338 e. The van der Waals surface area contributed by atoms with Crippen LogP contribution in [-0.2, 0) is 18.9 Å². The lowest BCUT2D eigenvalue weighted by molar-refractivity contribution is -0.192. The van der Waals surface area contributed by atoms with Gasteiger partial charge >= 0.3 is 11.9 Å². The maximum absolute atomic E-state index is 12.5. The standard InChI is InChI=1S/C21H22O6/c1-14-18(24-2)19(27-21(23)16-11-7-4-8-12-16)17(13-25-14)26-20(22)15-9-5-3-6-10-15/h3-12,14,17-19H,13H2,1-2H3/t14-,17-,18-,19-/m0/s1. The Kier molecular flexibility index (Phi) is 6.21. The van der Waals surface area contributed by atoms with Crippen molar-refractivity contribution in [1.29, 1.82) is 0 Å². The zero-order chi connectivity index (χ0) is 19.2. The summed E-state index contributed by atoms with van der Waals surface area (Å²) in [6, 6.07) is 17.3. The molecule has 0 bridgehead atoms. The zero-order valence-corrected chi connectivity index (χ0v) is 15.2. The number of methoxy groups -OCH3 is 1. The molecule has 0 radical (unpaired) electrons. The largest absolute Gasteiger partial charge is 0.452 e. The smallest absolute Gasteiger partial charge is 0.338 e. The molecule has 0 unspecified atom stereocenters. The van der Waals surface area contributed by atoms with Gasteiger partial charge in [-0.3, -0.25) is 0 Å². The molecule has 6 heteroatoms. The van der Waals surface area contributed by atoms with Gasteiger partial charge in [0.1, 0.15) is 6.10 Å². The van der Waals surface area contributed by atoms with E-state index in [-0.39, 0.29) is 12.7 Å². The number of carbonyl (C=O) groups is 2. The molecular weight excluding hydrogens is 348 g/mol. The van der Waals surface area contributed by atoms with Gasteiger partial charge in [-0.25, -0.2) is 9.59 Å². The van der Waals surface area contributed by atoms with Crippen LogP contribution in [0.1, 0.15) is 27.6 Å². The SMILES string of the molecule is CO[C@@H]1[C@@H](OC(=O)c2ccccc2)[C@@H](OC(=O)c2ccccc2)CO[C@H]1C. The Morgan fingerprint density at radius 2 is 1.37 bits per heavy atom. The van der Waals surface area contributed by atoms with Gasteiger partial charge in [0, 0.05) is 7.11 Å². The third-order valence-electron chi connectivity index (χ3n) is 4.47. The lowest BCUT2D eigenvalue weighted by Gasteiger charge is -2.39. The monoisotopic (exact) mass is 370 g/mol. The molecule has 2 aromatic carbocycles. The Morgan fingerprint density at radius 3 is 1.89 bits per heavy atom. The molecule has 142 valence electrons. The average molecular weight is 370 g/mol. The van der Waals surface area contributed by atoms with E-state index >= 15 is 0 Å². The highest BCUT2D eigenvalue weighted by atomic mass is 16.6. The first kappa shape index (κ1) is 19.1. The van der Waals surface area contributed by atoms with E-state index in [0.29, 0.717) is 11.1 Å². The van der Waals surface area contributed by atoms with Crippen molar-refractivity contribution in [3.05, 3.63) is 71.8 Å². The van der Waals surface area contributed by atoms with Crippen LogP contribution in [-0.4, -0.2) is 50.1 Å². The number of rotatable bonds is 5. The summed E-state index contributed by atoms with van der Waals surface area (Å²) in [5, 5.41) is 0. The van der Waals surface area contributed by atoms with Crippen molar-refractivity contribution in [2.75, 3.05) is 13.7 Å². The van der Waals surface area contributed by atoms with Gasteiger partial charge in [0.15, 0.2) is 12.2 Å². The fourth-order valence-corrected chi connectivity index (χ4v) is 3.03. The van der Waals surface area contributed by atoms with Crippen molar-refractivity contribution < 1.29 is 28.5 Å². The first-order valence-corrected chi connectivity index (χ1v) is 8.76. The second kappa shape index (κ2) is 8.79. The van der Waals surface area contributed by atoms with Gasteiger partial charge in [0.05, 0.1) is 23.8 Å². The number of benzene rings is 2. The van der Waals surface area contributed by atoms with Gasteiger partial charge in [-0.1, -0.05) is 36.4 Å². The van der Waals surface area contributed by atoms with Crippen LogP contribution in [0.3, 0.4) is 0 Å². The Labute approximate surface area is 158 Å². The third-order valence-corrected chi connectivity index (χ3v) is 4.47. The van der Waals surface area contributed by atoms with Crippen LogP contribution in [0, 0.1) is 0 Å². The van der Waals surface area contributed by atoms with Crippen molar-refractivity contribution in [1.82, 2.24) is 0 Å². The molecule has 0 N–H and O–H groups in total. The lowest BCUT2D eigenvalue weighted by atomic mass is 10.00. The van der Waals surface area contributed by atoms with Gasteiger partial charge in [-0.15, -0.1) is 0 Å². The predicted molar refractivity (Wildman–Crippen MR) is 97.5 cm³/mol. The second-order valence-corrected chi connectivity index (χ2v) is 6.28. The molecule has 0 saturated carbocycles. The topological polar surface area (TPSA) is 71.1 Å². The van der Waals surface area contributed by atoms with Crippen LogP contribution in [0.5, 0.6) is 0 Å². The molecular formula is C21H22O6. The Hall–Kier alpha value is -2.70. The van der Waals surface area contributed by atoms with E-state index in [1.54, 1.807) is 48.5 Å². The highest BCUT2D eigenvalue weighted by molar-refractivity contribution is 5.90.